The minimum atomic E-state index is 0.733. The van der Waals surface area contributed by atoms with Crippen LogP contribution in [0.15, 0.2) is 36.4 Å². The van der Waals surface area contributed by atoms with E-state index in [0.29, 0.717) is 0 Å². The van der Waals surface area contributed by atoms with Crippen molar-refractivity contribution in [2.75, 3.05) is 0 Å². The first kappa shape index (κ1) is 13.8. The number of pyridine rings is 1. The lowest BCUT2D eigenvalue weighted by Gasteiger charge is -2.06. The van der Waals surface area contributed by atoms with Crippen LogP contribution in [0.4, 0.5) is 0 Å². The molecule has 4 heteroatoms. The van der Waals surface area contributed by atoms with Crippen molar-refractivity contribution in [3.63, 3.8) is 0 Å². The van der Waals surface area contributed by atoms with E-state index in [1.807, 2.05) is 45.0 Å². The van der Waals surface area contributed by atoms with Gasteiger partial charge in [-0.3, -0.25) is 10.1 Å². The molecule has 0 radical (unpaired) electrons. The lowest BCUT2D eigenvalue weighted by Crippen LogP contribution is -1.90. The van der Waals surface area contributed by atoms with Gasteiger partial charge in [-0.15, -0.1) is 0 Å². The number of rotatable bonds is 2. The molecule has 0 bridgehead atoms. The molecule has 1 N–H and O–H groups in total. The van der Waals surface area contributed by atoms with Crippen molar-refractivity contribution < 1.29 is 0 Å². The van der Waals surface area contributed by atoms with Crippen LogP contribution in [0.25, 0.3) is 22.4 Å². The Balaban J connectivity index is 2.19. The van der Waals surface area contributed by atoms with E-state index in [-0.39, 0.29) is 0 Å². The summed E-state index contributed by atoms with van der Waals surface area (Å²) in [5, 5.41) is 8.30. The van der Waals surface area contributed by atoms with Gasteiger partial charge in [-0.1, -0.05) is 23.7 Å². The van der Waals surface area contributed by atoms with E-state index in [1.54, 1.807) is 0 Å². The number of H-pyrrole nitrogens is 1. The SMILES string of the molecule is Cc1cc(-c2n[nH]c(C)c2-c2ccc(Cl)cc2)cc(C)n1. The highest BCUT2D eigenvalue weighted by Crippen LogP contribution is 2.33. The molecule has 0 amide bonds. The van der Waals surface area contributed by atoms with Crippen molar-refractivity contribution >= 4 is 11.6 Å². The van der Waals surface area contributed by atoms with Crippen molar-refractivity contribution in [2.24, 2.45) is 0 Å². The Morgan fingerprint density at radius 1 is 0.905 bits per heavy atom. The molecule has 0 unspecified atom stereocenters. The van der Waals surface area contributed by atoms with Crippen LogP contribution >= 0.6 is 11.6 Å². The molecule has 0 spiro atoms. The summed E-state index contributed by atoms with van der Waals surface area (Å²) in [4.78, 5) is 4.43. The Kier molecular flexibility index (Phi) is 3.52. The van der Waals surface area contributed by atoms with E-state index in [2.05, 4.69) is 27.3 Å². The molecule has 3 aromatic rings. The Labute approximate surface area is 129 Å². The van der Waals surface area contributed by atoms with Crippen LogP contribution in [0.1, 0.15) is 17.1 Å². The molecule has 0 aliphatic carbocycles. The highest BCUT2D eigenvalue weighted by molar-refractivity contribution is 6.30. The molecule has 21 heavy (non-hydrogen) atoms. The lowest BCUT2D eigenvalue weighted by atomic mass is 9.99. The second-order valence-corrected chi connectivity index (χ2v) is 5.65. The quantitative estimate of drug-likeness (QED) is 0.744. The zero-order valence-electron chi connectivity index (χ0n) is 12.2. The zero-order valence-corrected chi connectivity index (χ0v) is 13.0. The fourth-order valence-electron chi connectivity index (χ4n) is 2.58. The summed E-state index contributed by atoms with van der Waals surface area (Å²) >= 11 is 5.98. The summed E-state index contributed by atoms with van der Waals surface area (Å²) in [5.74, 6) is 0. The molecule has 0 aliphatic rings. The zero-order chi connectivity index (χ0) is 15.0. The molecular formula is C17H16ClN3. The number of aryl methyl sites for hydroxylation is 3. The Bertz CT molecular complexity index is 768. The number of aromatic nitrogens is 3. The van der Waals surface area contributed by atoms with Gasteiger partial charge in [0, 0.05) is 33.2 Å². The van der Waals surface area contributed by atoms with E-state index >= 15 is 0 Å². The summed E-state index contributed by atoms with van der Waals surface area (Å²) in [7, 11) is 0. The first-order valence-corrected chi connectivity index (χ1v) is 7.19. The van der Waals surface area contributed by atoms with Crippen molar-refractivity contribution in [1.82, 2.24) is 15.2 Å². The standard InChI is InChI=1S/C17H16ClN3/c1-10-8-14(9-11(2)19-10)17-16(12(3)20-21-17)13-4-6-15(18)7-5-13/h4-9H,1-3H3,(H,20,21). The number of halogens is 1. The van der Waals surface area contributed by atoms with Gasteiger partial charge in [-0.05, 0) is 50.6 Å². The molecule has 3 nitrogen and oxygen atoms in total. The molecule has 3 rings (SSSR count). The van der Waals surface area contributed by atoms with Gasteiger partial charge >= 0.3 is 0 Å². The summed E-state index contributed by atoms with van der Waals surface area (Å²) < 4.78 is 0. The van der Waals surface area contributed by atoms with E-state index in [0.717, 1.165) is 44.5 Å². The van der Waals surface area contributed by atoms with Crippen LogP contribution in [0.5, 0.6) is 0 Å². The second kappa shape index (κ2) is 5.34. The van der Waals surface area contributed by atoms with Crippen LogP contribution in [-0.2, 0) is 0 Å². The van der Waals surface area contributed by atoms with Gasteiger partial charge in [-0.2, -0.15) is 5.10 Å². The van der Waals surface area contributed by atoms with Crippen molar-refractivity contribution in [3.05, 3.63) is 58.5 Å². The van der Waals surface area contributed by atoms with Crippen LogP contribution in [0.3, 0.4) is 0 Å². The normalized spacial score (nSPS) is 10.9. The predicted molar refractivity (Wildman–Crippen MR) is 86.5 cm³/mol. The number of nitrogens with one attached hydrogen (secondary N) is 1. The molecule has 106 valence electrons. The van der Waals surface area contributed by atoms with Gasteiger partial charge in [0.1, 0.15) is 5.69 Å². The Morgan fingerprint density at radius 2 is 1.52 bits per heavy atom. The fraction of sp³-hybridized carbons (Fsp3) is 0.176. The molecular weight excluding hydrogens is 282 g/mol. The Hall–Kier alpha value is -2.13. The first-order chi connectivity index (χ1) is 10.0. The van der Waals surface area contributed by atoms with Crippen molar-refractivity contribution in [2.45, 2.75) is 20.8 Å². The molecule has 0 aliphatic heterocycles. The third-order valence-electron chi connectivity index (χ3n) is 3.44. The van der Waals surface area contributed by atoms with Crippen LogP contribution in [0, 0.1) is 20.8 Å². The third-order valence-corrected chi connectivity index (χ3v) is 3.69. The van der Waals surface area contributed by atoms with Gasteiger partial charge < -0.3 is 0 Å². The molecule has 2 aromatic heterocycles. The molecule has 0 saturated heterocycles. The van der Waals surface area contributed by atoms with Crippen LogP contribution < -0.4 is 0 Å². The highest BCUT2D eigenvalue weighted by atomic mass is 35.5. The fourth-order valence-corrected chi connectivity index (χ4v) is 2.71. The van der Waals surface area contributed by atoms with Gasteiger partial charge in [0.15, 0.2) is 0 Å². The largest absolute Gasteiger partial charge is 0.282 e. The van der Waals surface area contributed by atoms with Crippen LogP contribution in [0.2, 0.25) is 5.02 Å². The minimum absolute atomic E-state index is 0.733. The Morgan fingerprint density at radius 3 is 2.14 bits per heavy atom. The second-order valence-electron chi connectivity index (χ2n) is 5.22. The number of hydrogen-bond donors (Lipinski definition) is 1. The minimum Gasteiger partial charge on any atom is -0.282 e. The molecule has 2 heterocycles. The van der Waals surface area contributed by atoms with E-state index in [4.69, 9.17) is 11.6 Å². The van der Waals surface area contributed by atoms with E-state index < -0.39 is 0 Å². The summed E-state index contributed by atoms with van der Waals surface area (Å²) in [6.45, 7) is 6.03. The first-order valence-electron chi connectivity index (χ1n) is 6.81. The van der Waals surface area contributed by atoms with Crippen molar-refractivity contribution in [1.29, 1.82) is 0 Å². The maximum atomic E-state index is 5.98. The van der Waals surface area contributed by atoms with E-state index in [9.17, 15) is 0 Å². The highest BCUT2D eigenvalue weighted by Gasteiger charge is 2.15. The monoisotopic (exact) mass is 297 g/mol. The molecule has 0 atom stereocenters. The molecule has 0 fully saturated rings. The third kappa shape index (κ3) is 2.69. The summed E-state index contributed by atoms with van der Waals surface area (Å²) in [6, 6.07) is 11.9. The number of aromatic amines is 1. The summed E-state index contributed by atoms with van der Waals surface area (Å²) in [6.07, 6.45) is 0. The van der Waals surface area contributed by atoms with Gasteiger partial charge in [0.05, 0.1) is 0 Å². The van der Waals surface area contributed by atoms with Crippen molar-refractivity contribution in [3.8, 4) is 22.4 Å². The predicted octanol–water partition coefficient (Wildman–Crippen LogP) is 4.72. The van der Waals surface area contributed by atoms with Gasteiger partial charge in [0.2, 0.25) is 0 Å². The number of nitrogens with zero attached hydrogens (tertiary/aromatic N) is 2. The molecule has 1 aromatic carbocycles. The topological polar surface area (TPSA) is 41.6 Å². The maximum Gasteiger partial charge on any atom is 0.100 e. The smallest absolute Gasteiger partial charge is 0.100 e. The van der Waals surface area contributed by atoms with Gasteiger partial charge in [0.25, 0.3) is 0 Å². The van der Waals surface area contributed by atoms with E-state index in [1.165, 1.54) is 0 Å². The molecule has 0 saturated carbocycles. The van der Waals surface area contributed by atoms with Crippen LogP contribution in [-0.4, -0.2) is 15.2 Å². The maximum absolute atomic E-state index is 5.98. The number of hydrogen-bond acceptors (Lipinski definition) is 2. The average molecular weight is 298 g/mol. The average Bonchev–Trinajstić information content (AvgIpc) is 2.80. The van der Waals surface area contributed by atoms with Gasteiger partial charge in [-0.25, -0.2) is 0 Å². The number of benzene rings is 1. The summed E-state index contributed by atoms with van der Waals surface area (Å²) in [5.41, 5.74) is 7.27. The lowest BCUT2D eigenvalue weighted by molar-refractivity contribution is 1.05.